The van der Waals surface area contributed by atoms with Gasteiger partial charge in [-0.1, -0.05) is 84.9 Å². The number of benzene rings is 5. The molecule has 2 heteroatoms. The Hall–Kier alpha value is -4.69. The number of fused-ring (bicyclic) bond motifs is 1. The molecule has 0 fully saturated rings. The van der Waals surface area contributed by atoms with E-state index in [4.69, 9.17) is 0 Å². The number of nitrogens with zero attached hydrogens (tertiary/aromatic N) is 2. The molecule has 0 radical (unpaired) electrons. The van der Waals surface area contributed by atoms with E-state index in [1.165, 1.54) is 38.6 Å². The van der Waals surface area contributed by atoms with Crippen LogP contribution in [0.2, 0.25) is 0 Å². The van der Waals surface area contributed by atoms with Gasteiger partial charge >= 0.3 is 0 Å². The molecule has 36 heavy (non-hydrogen) atoms. The van der Waals surface area contributed by atoms with Crippen molar-refractivity contribution < 1.29 is 0 Å². The molecule has 0 aliphatic carbocycles. The van der Waals surface area contributed by atoms with Crippen molar-refractivity contribution in [2.75, 3.05) is 4.90 Å². The summed E-state index contributed by atoms with van der Waals surface area (Å²) in [5.41, 5.74) is 9.46. The molecular weight excluding hydrogens is 436 g/mol. The quantitative estimate of drug-likeness (QED) is 0.254. The molecule has 0 unspecified atom stereocenters. The number of aryl methyl sites for hydroxylation is 1. The molecule has 0 saturated carbocycles. The van der Waals surface area contributed by atoms with E-state index in [-0.39, 0.29) is 0 Å². The Morgan fingerprint density at radius 2 is 1.22 bits per heavy atom. The van der Waals surface area contributed by atoms with Crippen LogP contribution in [0.3, 0.4) is 0 Å². The summed E-state index contributed by atoms with van der Waals surface area (Å²) >= 11 is 0. The Morgan fingerprint density at radius 3 is 2.03 bits per heavy atom. The highest BCUT2D eigenvalue weighted by Gasteiger charge is 2.13. The van der Waals surface area contributed by atoms with Gasteiger partial charge in [-0.2, -0.15) is 0 Å². The molecule has 0 spiro atoms. The van der Waals surface area contributed by atoms with Crippen LogP contribution in [0.15, 0.2) is 140 Å². The first-order valence-corrected chi connectivity index (χ1v) is 12.2. The van der Waals surface area contributed by atoms with Gasteiger partial charge in [-0.3, -0.25) is 4.98 Å². The van der Waals surface area contributed by atoms with Crippen LogP contribution >= 0.6 is 0 Å². The van der Waals surface area contributed by atoms with E-state index in [1.54, 1.807) is 6.20 Å². The third kappa shape index (κ3) is 4.14. The minimum Gasteiger partial charge on any atom is -0.309 e. The first-order chi connectivity index (χ1) is 17.8. The molecule has 5 aromatic carbocycles. The minimum absolute atomic E-state index is 1.03. The lowest BCUT2D eigenvalue weighted by Crippen LogP contribution is -2.09. The lowest BCUT2D eigenvalue weighted by molar-refractivity contribution is 1.23. The third-order valence-electron chi connectivity index (χ3n) is 6.69. The first-order valence-electron chi connectivity index (χ1n) is 12.2. The molecule has 2 nitrogen and oxygen atoms in total. The van der Waals surface area contributed by atoms with E-state index in [1.807, 2.05) is 18.3 Å². The Balaban J connectivity index is 1.40. The molecule has 0 bridgehead atoms. The van der Waals surface area contributed by atoms with Crippen molar-refractivity contribution in [2.24, 2.45) is 0 Å². The topological polar surface area (TPSA) is 16.1 Å². The van der Waals surface area contributed by atoms with Gasteiger partial charge in [0.15, 0.2) is 0 Å². The van der Waals surface area contributed by atoms with Gasteiger partial charge in [0.2, 0.25) is 0 Å². The molecule has 6 rings (SSSR count). The number of anilines is 3. The second-order valence-electron chi connectivity index (χ2n) is 8.99. The van der Waals surface area contributed by atoms with E-state index in [2.05, 4.69) is 132 Å². The fraction of sp³-hybridized carbons (Fsp3) is 0.0294. The van der Waals surface area contributed by atoms with E-state index in [9.17, 15) is 0 Å². The number of hydrogen-bond donors (Lipinski definition) is 0. The summed E-state index contributed by atoms with van der Waals surface area (Å²) in [6, 6.07) is 45.2. The predicted molar refractivity (Wildman–Crippen MR) is 152 cm³/mol. The van der Waals surface area contributed by atoms with E-state index < -0.39 is 0 Å². The summed E-state index contributed by atoms with van der Waals surface area (Å²) in [6.45, 7) is 2.19. The Labute approximate surface area is 212 Å². The smallest absolute Gasteiger partial charge is 0.0644 e. The summed E-state index contributed by atoms with van der Waals surface area (Å²) in [7, 11) is 0. The zero-order valence-corrected chi connectivity index (χ0v) is 20.2. The van der Waals surface area contributed by atoms with Gasteiger partial charge in [-0.05, 0) is 88.0 Å². The monoisotopic (exact) mass is 462 g/mol. The number of pyridine rings is 1. The fourth-order valence-corrected chi connectivity index (χ4v) is 4.87. The van der Waals surface area contributed by atoms with E-state index in [0.717, 1.165) is 17.1 Å². The zero-order valence-electron chi connectivity index (χ0n) is 20.2. The maximum absolute atomic E-state index is 4.35. The van der Waals surface area contributed by atoms with Gasteiger partial charge in [-0.15, -0.1) is 0 Å². The summed E-state index contributed by atoms with van der Waals surface area (Å²) in [5.74, 6) is 0. The van der Waals surface area contributed by atoms with Crippen molar-refractivity contribution in [1.29, 1.82) is 0 Å². The molecular formula is C34H26N2. The molecule has 0 aliphatic rings. The first kappa shape index (κ1) is 21.8. The Morgan fingerprint density at radius 1 is 0.528 bits per heavy atom. The highest BCUT2D eigenvalue weighted by molar-refractivity contribution is 5.98. The van der Waals surface area contributed by atoms with Gasteiger partial charge in [0.05, 0.1) is 11.9 Å². The highest BCUT2D eigenvalue weighted by Crippen LogP contribution is 2.37. The van der Waals surface area contributed by atoms with Crippen LogP contribution in [0.5, 0.6) is 0 Å². The predicted octanol–water partition coefficient (Wildman–Crippen LogP) is 9.35. The van der Waals surface area contributed by atoms with Gasteiger partial charge < -0.3 is 4.90 Å². The summed E-state index contributed by atoms with van der Waals surface area (Å²) < 4.78 is 0. The standard InChI is InChI=1S/C34H26N2/c1-25-16-17-28(23-34(25)33-15-7-10-27-9-5-6-14-32(27)33)26-18-20-30(21-19-26)36(29-11-3-2-4-12-29)31-13-8-22-35-24-31/h2-24H,1H3. The van der Waals surface area contributed by atoms with Gasteiger partial charge in [0.1, 0.15) is 0 Å². The van der Waals surface area contributed by atoms with E-state index >= 15 is 0 Å². The van der Waals surface area contributed by atoms with E-state index in [0.29, 0.717) is 0 Å². The van der Waals surface area contributed by atoms with Crippen LogP contribution in [0.25, 0.3) is 33.0 Å². The summed E-state index contributed by atoms with van der Waals surface area (Å²) in [5, 5.41) is 2.55. The van der Waals surface area contributed by atoms with Crippen LogP contribution < -0.4 is 4.90 Å². The largest absolute Gasteiger partial charge is 0.309 e. The summed E-state index contributed by atoms with van der Waals surface area (Å²) in [4.78, 5) is 6.58. The Kier molecular flexibility index (Phi) is 5.77. The number of para-hydroxylation sites is 1. The number of rotatable bonds is 5. The van der Waals surface area contributed by atoms with Crippen molar-refractivity contribution in [2.45, 2.75) is 6.92 Å². The third-order valence-corrected chi connectivity index (χ3v) is 6.69. The van der Waals surface area contributed by atoms with Crippen LogP contribution in [-0.2, 0) is 0 Å². The molecule has 1 heterocycles. The Bertz CT molecular complexity index is 1580. The second kappa shape index (κ2) is 9.52. The van der Waals surface area contributed by atoms with Gasteiger partial charge in [0.25, 0.3) is 0 Å². The van der Waals surface area contributed by atoms with Crippen LogP contribution in [0.4, 0.5) is 17.1 Å². The molecule has 0 atom stereocenters. The maximum atomic E-state index is 4.35. The van der Waals surface area contributed by atoms with Crippen LogP contribution in [-0.4, -0.2) is 4.98 Å². The molecule has 172 valence electrons. The van der Waals surface area contributed by atoms with Crippen molar-refractivity contribution >= 4 is 27.8 Å². The fourth-order valence-electron chi connectivity index (χ4n) is 4.87. The second-order valence-corrected chi connectivity index (χ2v) is 8.99. The molecule has 0 aliphatic heterocycles. The average Bonchev–Trinajstić information content (AvgIpc) is 2.95. The molecule has 0 amide bonds. The van der Waals surface area contributed by atoms with Crippen molar-refractivity contribution in [3.05, 3.63) is 145 Å². The van der Waals surface area contributed by atoms with Crippen molar-refractivity contribution in [1.82, 2.24) is 4.98 Å². The van der Waals surface area contributed by atoms with Crippen LogP contribution in [0.1, 0.15) is 5.56 Å². The number of aromatic nitrogens is 1. The summed E-state index contributed by atoms with van der Waals surface area (Å²) in [6.07, 6.45) is 3.71. The minimum atomic E-state index is 1.03. The molecule has 6 aromatic rings. The molecule has 0 saturated heterocycles. The zero-order chi connectivity index (χ0) is 24.3. The molecule has 0 N–H and O–H groups in total. The number of hydrogen-bond acceptors (Lipinski definition) is 2. The average molecular weight is 463 g/mol. The molecule has 1 aromatic heterocycles. The highest BCUT2D eigenvalue weighted by atomic mass is 15.1. The van der Waals surface area contributed by atoms with Crippen molar-refractivity contribution in [3.8, 4) is 22.3 Å². The SMILES string of the molecule is Cc1ccc(-c2ccc(N(c3ccccc3)c3cccnc3)cc2)cc1-c1cccc2ccccc12. The van der Waals surface area contributed by atoms with Gasteiger partial charge in [-0.25, -0.2) is 0 Å². The lowest BCUT2D eigenvalue weighted by Gasteiger charge is -2.25. The lowest BCUT2D eigenvalue weighted by atomic mass is 9.92. The van der Waals surface area contributed by atoms with Gasteiger partial charge in [0, 0.05) is 17.6 Å². The normalized spacial score (nSPS) is 10.9. The maximum Gasteiger partial charge on any atom is 0.0644 e. The van der Waals surface area contributed by atoms with Crippen molar-refractivity contribution in [3.63, 3.8) is 0 Å². The van der Waals surface area contributed by atoms with Crippen LogP contribution in [0, 0.1) is 6.92 Å².